The minimum absolute atomic E-state index is 0.701. The molecule has 0 saturated heterocycles. The second-order valence-corrected chi connectivity index (χ2v) is 13.0. The molecular weight excluding hydrogens is 635 g/mol. The average Bonchev–Trinajstić information content (AvgIpc) is 3.76. The molecule has 0 radical (unpaired) electrons. The standard InChI is InChI=1S/C47H31N5/c1-5-13-32(14-6-1)37-23-27-40-44(29-37)52-45-30-38(33-15-7-2-8-16-33)24-28-43(45)51(47(52)50-40)39-25-21-35(22-26-39)42-31-41(34-17-9-3-10-18-34)48-46(49-42)36-19-11-4-12-20-36/h1-31H. The van der Waals surface area contributed by atoms with Crippen molar-refractivity contribution in [1.29, 1.82) is 0 Å². The Bertz CT molecular complexity index is 2800. The summed E-state index contributed by atoms with van der Waals surface area (Å²) in [6.45, 7) is 0. The van der Waals surface area contributed by atoms with E-state index in [1.54, 1.807) is 0 Å². The van der Waals surface area contributed by atoms with Gasteiger partial charge in [-0.15, -0.1) is 0 Å². The Kier molecular flexibility index (Phi) is 7.07. The Morgan fingerprint density at radius 3 is 1.40 bits per heavy atom. The van der Waals surface area contributed by atoms with Crippen LogP contribution in [-0.4, -0.2) is 23.9 Å². The lowest BCUT2D eigenvalue weighted by Gasteiger charge is -2.11. The van der Waals surface area contributed by atoms with Crippen LogP contribution in [0.3, 0.4) is 0 Å². The fourth-order valence-corrected chi connectivity index (χ4v) is 7.17. The fraction of sp³-hybridized carbons (Fsp3) is 0. The minimum Gasteiger partial charge on any atom is -0.278 e. The van der Waals surface area contributed by atoms with Crippen LogP contribution in [0.4, 0.5) is 0 Å². The molecule has 0 amide bonds. The molecule has 0 aliphatic heterocycles. The Morgan fingerprint density at radius 2 is 0.808 bits per heavy atom. The van der Waals surface area contributed by atoms with Crippen molar-refractivity contribution in [2.75, 3.05) is 0 Å². The maximum absolute atomic E-state index is 5.24. The molecule has 10 rings (SSSR count). The minimum atomic E-state index is 0.701. The number of nitrogens with zero attached hydrogens (tertiary/aromatic N) is 5. The fourth-order valence-electron chi connectivity index (χ4n) is 7.17. The van der Waals surface area contributed by atoms with Gasteiger partial charge in [0.25, 0.3) is 0 Å². The Labute approximate surface area is 300 Å². The van der Waals surface area contributed by atoms with Crippen molar-refractivity contribution >= 4 is 27.8 Å². The van der Waals surface area contributed by atoms with Gasteiger partial charge in [0.15, 0.2) is 5.82 Å². The lowest BCUT2D eigenvalue weighted by atomic mass is 10.0. The third-order valence-electron chi connectivity index (χ3n) is 9.76. The van der Waals surface area contributed by atoms with Gasteiger partial charge in [-0.3, -0.25) is 8.97 Å². The summed E-state index contributed by atoms with van der Waals surface area (Å²) in [6.07, 6.45) is 0. The quantitative estimate of drug-likeness (QED) is 0.178. The summed E-state index contributed by atoms with van der Waals surface area (Å²) in [6, 6.07) is 65.5. The van der Waals surface area contributed by atoms with Gasteiger partial charge in [-0.05, 0) is 64.7 Å². The smallest absolute Gasteiger partial charge is 0.220 e. The molecule has 0 spiro atoms. The molecule has 3 aromatic heterocycles. The van der Waals surface area contributed by atoms with E-state index in [2.05, 4.69) is 161 Å². The Hall–Kier alpha value is -7.11. The highest BCUT2D eigenvalue weighted by Gasteiger charge is 2.19. The third kappa shape index (κ3) is 5.15. The molecule has 0 aliphatic carbocycles. The van der Waals surface area contributed by atoms with Crippen LogP contribution in [-0.2, 0) is 0 Å². The van der Waals surface area contributed by atoms with E-state index in [0.717, 1.165) is 72.7 Å². The molecule has 0 bridgehead atoms. The second-order valence-electron chi connectivity index (χ2n) is 13.0. The van der Waals surface area contributed by atoms with E-state index >= 15 is 0 Å². The summed E-state index contributed by atoms with van der Waals surface area (Å²) >= 11 is 0. The molecule has 244 valence electrons. The van der Waals surface area contributed by atoms with Crippen LogP contribution in [0.25, 0.3) is 89.7 Å². The lowest BCUT2D eigenvalue weighted by molar-refractivity contribution is 1.11. The monoisotopic (exact) mass is 665 g/mol. The molecule has 5 heteroatoms. The topological polar surface area (TPSA) is 48.0 Å². The molecular formula is C47H31N5. The highest BCUT2D eigenvalue weighted by atomic mass is 15.2. The van der Waals surface area contributed by atoms with Crippen LogP contribution in [0, 0.1) is 0 Å². The third-order valence-corrected chi connectivity index (χ3v) is 9.76. The Morgan fingerprint density at radius 1 is 0.327 bits per heavy atom. The van der Waals surface area contributed by atoms with E-state index < -0.39 is 0 Å². The average molecular weight is 666 g/mol. The number of imidazole rings is 2. The first kappa shape index (κ1) is 29.8. The first-order valence-corrected chi connectivity index (χ1v) is 17.5. The van der Waals surface area contributed by atoms with Crippen molar-refractivity contribution in [2.24, 2.45) is 0 Å². The van der Waals surface area contributed by atoms with Gasteiger partial charge in [0.05, 0.1) is 33.5 Å². The molecule has 3 heterocycles. The molecule has 52 heavy (non-hydrogen) atoms. The van der Waals surface area contributed by atoms with Crippen molar-refractivity contribution < 1.29 is 0 Å². The highest BCUT2D eigenvalue weighted by Crippen LogP contribution is 2.35. The predicted molar refractivity (Wildman–Crippen MR) is 212 cm³/mol. The number of rotatable bonds is 6. The van der Waals surface area contributed by atoms with Gasteiger partial charge in [0.2, 0.25) is 5.78 Å². The SMILES string of the molecule is c1ccc(-c2ccc3nc4n(-c5ccc(-c6cc(-c7ccccc7)nc(-c7ccccc7)n6)cc5)c5ccc(-c6ccccc6)cc5n4c3c2)cc1. The summed E-state index contributed by atoms with van der Waals surface area (Å²) in [7, 11) is 0. The number of hydrogen-bond donors (Lipinski definition) is 0. The first-order chi connectivity index (χ1) is 25.8. The van der Waals surface area contributed by atoms with Crippen LogP contribution in [0.1, 0.15) is 0 Å². The van der Waals surface area contributed by atoms with E-state index in [4.69, 9.17) is 15.0 Å². The molecule has 0 saturated carbocycles. The van der Waals surface area contributed by atoms with Crippen molar-refractivity contribution in [1.82, 2.24) is 23.9 Å². The van der Waals surface area contributed by atoms with Gasteiger partial charge in [0.1, 0.15) is 0 Å². The van der Waals surface area contributed by atoms with E-state index in [-0.39, 0.29) is 0 Å². The number of hydrogen-bond acceptors (Lipinski definition) is 3. The second kappa shape index (κ2) is 12.3. The van der Waals surface area contributed by atoms with Crippen LogP contribution in [0.2, 0.25) is 0 Å². The van der Waals surface area contributed by atoms with Gasteiger partial charge in [-0.25, -0.2) is 15.0 Å². The maximum Gasteiger partial charge on any atom is 0.220 e. The summed E-state index contributed by atoms with van der Waals surface area (Å²) < 4.78 is 4.57. The maximum atomic E-state index is 5.24. The first-order valence-electron chi connectivity index (χ1n) is 17.5. The summed E-state index contributed by atoms with van der Waals surface area (Å²) in [5.41, 5.74) is 14.7. The number of benzene rings is 7. The Balaban J connectivity index is 1.14. The van der Waals surface area contributed by atoms with Gasteiger partial charge in [-0.1, -0.05) is 146 Å². The van der Waals surface area contributed by atoms with E-state index in [9.17, 15) is 0 Å². The van der Waals surface area contributed by atoms with Gasteiger partial charge >= 0.3 is 0 Å². The molecule has 10 aromatic rings. The van der Waals surface area contributed by atoms with Crippen molar-refractivity contribution in [3.8, 4) is 61.8 Å². The predicted octanol–water partition coefficient (Wildman–Crippen LogP) is 11.6. The van der Waals surface area contributed by atoms with Gasteiger partial charge < -0.3 is 0 Å². The normalized spacial score (nSPS) is 11.5. The summed E-state index contributed by atoms with van der Waals surface area (Å²) in [4.78, 5) is 15.3. The van der Waals surface area contributed by atoms with E-state index in [1.165, 1.54) is 11.1 Å². The zero-order valence-corrected chi connectivity index (χ0v) is 28.1. The molecule has 0 atom stereocenters. The van der Waals surface area contributed by atoms with Crippen molar-refractivity contribution in [3.05, 3.63) is 188 Å². The molecule has 0 aliphatic rings. The summed E-state index contributed by atoms with van der Waals surface area (Å²) in [5, 5.41) is 0. The van der Waals surface area contributed by atoms with Crippen LogP contribution < -0.4 is 0 Å². The molecule has 7 aromatic carbocycles. The molecule has 5 nitrogen and oxygen atoms in total. The zero-order chi connectivity index (χ0) is 34.4. The number of aromatic nitrogens is 5. The van der Waals surface area contributed by atoms with Crippen LogP contribution in [0.15, 0.2) is 188 Å². The van der Waals surface area contributed by atoms with E-state index in [0.29, 0.717) is 5.82 Å². The van der Waals surface area contributed by atoms with Crippen LogP contribution >= 0.6 is 0 Å². The van der Waals surface area contributed by atoms with Gasteiger partial charge in [0, 0.05) is 22.4 Å². The van der Waals surface area contributed by atoms with Crippen molar-refractivity contribution in [2.45, 2.75) is 0 Å². The highest BCUT2D eigenvalue weighted by molar-refractivity contribution is 5.95. The lowest BCUT2D eigenvalue weighted by Crippen LogP contribution is -1.97. The zero-order valence-electron chi connectivity index (χ0n) is 28.1. The molecule has 0 N–H and O–H groups in total. The number of fused-ring (bicyclic) bond motifs is 5. The molecule has 0 unspecified atom stereocenters. The largest absolute Gasteiger partial charge is 0.278 e. The van der Waals surface area contributed by atoms with Gasteiger partial charge in [-0.2, -0.15) is 0 Å². The van der Waals surface area contributed by atoms with Crippen LogP contribution in [0.5, 0.6) is 0 Å². The van der Waals surface area contributed by atoms with E-state index in [1.807, 2.05) is 36.4 Å². The molecule has 0 fully saturated rings. The summed E-state index contributed by atoms with van der Waals surface area (Å²) in [5.74, 6) is 1.57. The van der Waals surface area contributed by atoms with Crippen molar-refractivity contribution in [3.63, 3.8) is 0 Å².